The van der Waals surface area contributed by atoms with E-state index in [1.165, 1.54) is 0 Å². The van der Waals surface area contributed by atoms with Gasteiger partial charge in [0, 0.05) is 11.6 Å². The topological polar surface area (TPSA) is 76.5 Å². The molecule has 2 aromatic rings. The van der Waals surface area contributed by atoms with Crippen LogP contribution in [0.2, 0.25) is 0 Å². The first-order valence-electron chi connectivity index (χ1n) is 5.26. The van der Waals surface area contributed by atoms with Crippen molar-refractivity contribution in [1.82, 2.24) is 0 Å². The highest BCUT2D eigenvalue weighted by molar-refractivity contribution is 5.68. The molecule has 4 heteroatoms. The van der Waals surface area contributed by atoms with Crippen molar-refractivity contribution in [3.8, 4) is 11.1 Å². The van der Waals surface area contributed by atoms with Crippen molar-refractivity contribution < 1.29 is 14.3 Å². The molecule has 1 aromatic carbocycles. The lowest BCUT2D eigenvalue weighted by Gasteiger charge is -2.10. The number of carbonyl (C=O) groups is 1. The van der Waals surface area contributed by atoms with Crippen LogP contribution in [-0.2, 0) is 4.79 Å². The number of hydrogen-bond acceptors (Lipinski definition) is 3. The van der Waals surface area contributed by atoms with Gasteiger partial charge in [0.1, 0.15) is 0 Å². The summed E-state index contributed by atoms with van der Waals surface area (Å²) < 4.78 is 5.01. The molecule has 0 saturated carbocycles. The SMILES string of the molecule is N[C@@H](CC(=O)O)c1cccc(-c2ccoc2)c1. The second-order valence-corrected chi connectivity index (χ2v) is 3.84. The number of carboxylic acid groups (broad SMARTS) is 1. The third kappa shape index (κ3) is 2.73. The number of rotatable bonds is 4. The van der Waals surface area contributed by atoms with Crippen molar-refractivity contribution in [3.05, 3.63) is 48.4 Å². The number of furan rings is 1. The Hall–Kier alpha value is -2.07. The Bertz CT molecular complexity index is 505. The van der Waals surface area contributed by atoms with E-state index in [-0.39, 0.29) is 6.42 Å². The summed E-state index contributed by atoms with van der Waals surface area (Å²) in [5.41, 5.74) is 8.55. The normalized spacial score (nSPS) is 12.3. The molecule has 0 saturated heterocycles. The average molecular weight is 231 g/mol. The van der Waals surface area contributed by atoms with Gasteiger partial charge in [-0.2, -0.15) is 0 Å². The number of aliphatic carboxylic acids is 1. The number of benzene rings is 1. The van der Waals surface area contributed by atoms with E-state index in [0.29, 0.717) is 0 Å². The first kappa shape index (κ1) is 11.4. The Morgan fingerprint density at radius 3 is 2.82 bits per heavy atom. The standard InChI is InChI=1S/C13H13NO3/c14-12(7-13(15)16)10-3-1-2-9(6-10)11-4-5-17-8-11/h1-6,8,12H,7,14H2,(H,15,16)/t12-/m0/s1. The number of hydrogen-bond donors (Lipinski definition) is 2. The van der Waals surface area contributed by atoms with E-state index in [4.69, 9.17) is 15.3 Å². The summed E-state index contributed by atoms with van der Waals surface area (Å²) in [6.45, 7) is 0. The van der Waals surface area contributed by atoms with Crippen LogP contribution < -0.4 is 5.73 Å². The van der Waals surface area contributed by atoms with Crippen molar-refractivity contribution in [2.24, 2.45) is 5.73 Å². The molecule has 1 aromatic heterocycles. The minimum Gasteiger partial charge on any atom is -0.481 e. The van der Waals surface area contributed by atoms with Crippen LogP contribution in [-0.4, -0.2) is 11.1 Å². The lowest BCUT2D eigenvalue weighted by atomic mass is 10.00. The molecule has 0 aliphatic carbocycles. The smallest absolute Gasteiger partial charge is 0.305 e. The summed E-state index contributed by atoms with van der Waals surface area (Å²) in [6, 6.07) is 8.87. The first-order chi connectivity index (χ1) is 8.16. The number of carboxylic acids is 1. The predicted molar refractivity (Wildman–Crippen MR) is 63.3 cm³/mol. The molecule has 17 heavy (non-hydrogen) atoms. The summed E-state index contributed by atoms with van der Waals surface area (Å²) in [7, 11) is 0. The van der Waals surface area contributed by atoms with Gasteiger partial charge in [-0.1, -0.05) is 18.2 Å². The Kier molecular flexibility index (Phi) is 3.25. The van der Waals surface area contributed by atoms with E-state index in [2.05, 4.69) is 0 Å². The molecule has 0 unspecified atom stereocenters. The Morgan fingerprint density at radius 2 is 2.18 bits per heavy atom. The molecule has 4 nitrogen and oxygen atoms in total. The molecule has 3 N–H and O–H groups in total. The predicted octanol–water partition coefficient (Wildman–Crippen LogP) is 2.42. The molecule has 0 fully saturated rings. The maximum atomic E-state index is 10.6. The summed E-state index contributed by atoms with van der Waals surface area (Å²) in [6.07, 6.45) is 3.16. The summed E-state index contributed by atoms with van der Waals surface area (Å²) >= 11 is 0. The van der Waals surface area contributed by atoms with E-state index >= 15 is 0 Å². The molecule has 2 rings (SSSR count). The van der Waals surface area contributed by atoms with Crippen molar-refractivity contribution in [2.45, 2.75) is 12.5 Å². The first-order valence-corrected chi connectivity index (χ1v) is 5.26. The monoisotopic (exact) mass is 231 g/mol. The highest BCUT2D eigenvalue weighted by Crippen LogP contribution is 2.23. The van der Waals surface area contributed by atoms with Crippen molar-refractivity contribution >= 4 is 5.97 Å². The zero-order chi connectivity index (χ0) is 12.3. The highest BCUT2D eigenvalue weighted by Gasteiger charge is 2.11. The molecular weight excluding hydrogens is 218 g/mol. The Labute approximate surface area is 98.7 Å². The molecule has 0 spiro atoms. The zero-order valence-electron chi connectivity index (χ0n) is 9.17. The van der Waals surface area contributed by atoms with Crippen LogP contribution in [0.1, 0.15) is 18.0 Å². The fourth-order valence-electron chi connectivity index (χ4n) is 1.68. The quantitative estimate of drug-likeness (QED) is 0.847. The van der Waals surface area contributed by atoms with E-state index in [0.717, 1.165) is 16.7 Å². The molecule has 0 amide bonds. The molecule has 1 heterocycles. The molecule has 0 aliphatic rings. The second kappa shape index (κ2) is 4.84. The van der Waals surface area contributed by atoms with Gasteiger partial charge in [-0.15, -0.1) is 0 Å². The van der Waals surface area contributed by atoms with Gasteiger partial charge in [-0.25, -0.2) is 0 Å². The van der Waals surface area contributed by atoms with Crippen LogP contribution >= 0.6 is 0 Å². The van der Waals surface area contributed by atoms with Crippen molar-refractivity contribution in [1.29, 1.82) is 0 Å². The molecule has 1 atom stereocenters. The summed E-state index contributed by atoms with van der Waals surface area (Å²) in [5.74, 6) is -0.897. The van der Waals surface area contributed by atoms with Crippen LogP contribution in [0.5, 0.6) is 0 Å². The molecule has 0 aliphatic heterocycles. The van der Waals surface area contributed by atoms with Gasteiger partial charge in [-0.3, -0.25) is 4.79 Å². The fraction of sp³-hybridized carbons (Fsp3) is 0.154. The molecule has 0 bridgehead atoms. The minimum atomic E-state index is -0.897. The van der Waals surface area contributed by atoms with E-state index in [1.807, 2.05) is 30.3 Å². The van der Waals surface area contributed by atoms with Crippen molar-refractivity contribution in [3.63, 3.8) is 0 Å². The van der Waals surface area contributed by atoms with Crippen LogP contribution in [0.3, 0.4) is 0 Å². The summed E-state index contributed by atoms with van der Waals surface area (Å²) in [4.78, 5) is 10.6. The van der Waals surface area contributed by atoms with Crippen LogP contribution in [0.25, 0.3) is 11.1 Å². The van der Waals surface area contributed by atoms with E-state index < -0.39 is 12.0 Å². The Morgan fingerprint density at radius 1 is 1.35 bits per heavy atom. The van der Waals surface area contributed by atoms with Gasteiger partial charge in [0.25, 0.3) is 0 Å². The molecular formula is C13H13NO3. The van der Waals surface area contributed by atoms with Gasteiger partial charge in [0.15, 0.2) is 0 Å². The lowest BCUT2D eigenvalue weighted by molar-refractivity contribution is -0.137. The minimum absolute atomic E-state index is 0.0746. The van der Waals surface area contributed by atoms with Gasteiger partial charge in [-0.05, 0) is 23.3 Å². The van der Waals surface area contributed by atoms with Crippen LogP contribution in [0.15, 0.2) is 47.3 Å². The van der Waals surface area contributed by atoms with Crippen LogP contribution in [0.4, 0.5) is 0 Å². The maximum absolute atomic E-state index is 10.6. The van der Waals surface area contributed by atoms with Gasteiger partial charge in [0.2, 0.25) is 0 Å². The maximum Gasteiger partial charge on any atom is 0.305 e. The van der Waals surface area contributed by atoms with Crippen molar-refractivity contribution in [2.75, 3.05) is 0 Å². The Balaban J connectivity index is 2.25. The molecule has 88 valence electrons. The second-order valence-electron chi connectivity index (χ2n) is 3.84. The third-order valence-corrected chi connectivity index (χ3v) is 2.56. The average Bonchev–Trinajstić information content (AvgIpc) is 2.82. The van der Waals surface area contributed by atoms with Gasteiger partial charge < -0.3 is 15.3 Å². The van der Waals surface area contributed by atoms with Gasteiger partial charge >= 0.3 is 5.97 Å². The summed E-state index contributed by atoms with van der Waals surface area (Å²) in [5, 5.41) is 8.70. The van der Waals surface area contributed by atoms with E-state index in [9.17, 15) is 4.79 Å². The number of nitrogens with two attached hydrogens (primary N) is 1. The zero-order valence-corrected chi connectivity index (χ0v) is 9.17. The lowest BCUT2D eigenvalue weighted by Crippen LogP contribution is -2.14. The fourth-order valence-corrected chi connectivity index (χ4v) is 1.68. The third-order valence-electron chi connectivity index (χ3n) is 2.56. The largest absolute Gasteiger partial charge is 0.481 e. The van der Waals surface area contributed by atoms with E-state index in [1.54, 1.807) is 12.5 Å². The van der Waals surface area contributed by atoms with Gasteiger partial charge in [0.05, 0.1) is 18.9 Å². The molecule has 0 radical (unpaired) electrons. The van der Waals surface area contributed by atoms with Crippen LogP contribution in [0, 0.1) is 0 Å². The highest BCUT2D eigenvalue weighted by atomic mass is 16.4.